The van der Waals surface area contributed by atoms with Crippen molar-refractivity contribution in [3.63, 3.8) is 0 Å². The van der Waals surface area contributed by atoms with Crippen molar-refractivity contribution in [2.75, 3.05) is 0 Å². The standard InChI is InChI=1S/C10H8OS2/c11-6-5-8-3-4-10(13-8)9-2-1-7-12-9/h1-4,6-7H,5H2. The third-order valence-corrected chi connectivity index (χ3v) is 3.88. The van der Waals surface area contributed by atoms with Crippen molar-refractivity contribution in [3.05, 3.63) is 34.5 Å². The molecule has 2 rings (SSSR count). The van der Waals surface area contributed by atoms with E-state index in [0.29, 0.717) is 6.42 Å². The van der Waals surface area contributed by atoms with Gasteiger partial charge in [0.25, 0.3) is 0 Å². The average molecular weight is 208 g/mol. The predicted octanol–water partition coefficient (Wildman–Crippen LogP) is 3.22. The maximum absolute atomic E-state index is 10.3. The Balaban J connectivity index is 2.28. The zero-order valence-electron chi connectivity index (χ0n) is 6.90. The van der Waals surface area contributed by atoms with Crippen molar-refractivity contribution >= 4 is 29.0 Å². The highest BCUT2D eigenvalue weighted by Crippen LogP contribution is 2.31. The van der Waals surface area contributed by atoms with Crippen molar-refractivity contribution in [1.82, 2.24) is 0 Å². The van der Waals surface area contributed by atoms with Crippen LogP contribution in [0.2, 0.25) is 0 Å². The van der Waals surface area contributed by atoms with Gasteiger partial charge in [-0.2, -0.15) is 0 Å². The van der Waals surface area contributed by atoms with E-state index in [2.05, 4.69) is 17.5 Å². The molecule has 0 saturated carbocycles. The number of thiophene rings is 2. The fourth-order valence-electron chi connectivity index (χ4n) is 1.12. The van der Waals surface area contributed by atoms with E-state index in [1.807, 2.05) is 12.1 Å². The van der Waals surface area contributed by atoms with Crippen LogP contribution in [-0.2, 0) is 11.2 Å². The average Bonchev–Trinajstić information content (AvgIpc) is 2.70. The smallest absolute Gasteiger partial charge is 0.125 e. The van der Waals surface area contributed by atoms with Gasteiger partial charge in [-0.3, -0.25) is 0 Å². The van der Waals surface area contributed by atoms with Gasteiger partial charge in [0.05, 0.1) is 0 Å². The second-order valence-corrected chi connectivity index (χ2v) is 4.73. The maximum Gasteiger partial charge on any atom is 0.125 e. The second kappa shape index (κ2) is 3.85. The van der Waals surface area contributed by atoms with E-state index < -0.39 is 0 Å². The monoisotopic (exact) mass is 208 g/mol. The lowest BCUT2D eigenvalue weighted by Gasteiger charge is -1.87. The molecule has 0 radical (unpaired) electrons. The molecule has 0 bridgehead atoms. The largest absolute Gasteiger partial charge is 0.303 e. The number of hydrogen-bond donors (Lipinski definition) is 0. The molecule has 0 atom stereocenters. The summed E-state index contributed by atoms with van der Waals surface area (Å²) in [6, 6.07) is 8.24. The summed E-state index contributed by atoms with van der Waals surface area (Å²) in [6.45, 7) is 0. The van der Waals surface area contributed by atoms with Crippen LogP contribution in [0.25, 0.3) is 9.75 Å². The van der Waals surface area contributed by atoms with Gasteiger partial charge in [-0.1, -0.05) is 6.07 Å². The SMILES string of the molecule is O=CCc1ccc(-c2cccs2)s1. The molecule has 3 heteroatoms. The van der Waals surface area contributed by atoms with Crippen molar-refractivity contribution in [1.29, 1.82) is 0 Å². The highest BCUT2D eigenvalue weighted by atomic mass is 32.1. The molecule has 2 aromatic rings. The Morgan fingerprint density at radius 2 is 2.15 bits per heavy atom. The first-order valence-electron chi connectivity index (χ1n) is 3.96. The van der Waals surface area contributed by atoms with Crippen LogP contribution in [0.3, 0.4) is 0 Å². The fraction of sp³-hybridized carbons (Fsp3) is 0.100. The van der Waals surface area contributed by atoms with E-state index in [-0.39, 0.29) is 0 Å². The number of carbonyl (C=O) groups is 1. The van der Waals surface area contributed by atoms with E-state index in [9.17, 15) is 4.79 Å². The summed E-state index contributed by atoms with van der Waals surface area (Å²) in [5.74, 6) is 0. The molecule has 13 heavy (non-hydrogen) atoms. The van der Waals surface area contributed by atoms with Crippen LogP contribution < -0.4 is 0 Å². The summed E-state index contributed by atoms with van der Waals surface area (Å²) in [6.07, 6.45) is 1.49. The molecule has 66 valence electrons. The third-order valence-electron chi connectivity index (χ3n) is 1.71. The van der Waals surface area contributed by atoms with Crippen molar-refractivity contribution < 1.29 is 4.79 Å². The molecule has 0 N–H and O–H groups in total. The zero-order chi connectivity index (χ0) is 9.10. The van der Waals surface area contributed by atoms with Gasteiger partial charge in [0.2, 0.25) is 0 Å². The summed E-state index contributed by atoms with van der Waals surface area (Å²) in [7, 11) is 0. The summed E-state index contributed by atoms with van der Waals surface area (Å²) in [5, 5.41) is 2.06. The lowest BCUT2D eigenvalue weighted by Crippen LogP contribution is -1.76. The summed E-state index contributed by atoms with van der Waals surface area (Å²) in [4.78, 5) is 14.0. The summed E-state index contributed by atoms with van der Waals surface area (Å²) < 4.78 is 0. The van der Waals surface area contributed by atoms with Crippen LogP contribution >= 0.6 is 22.7 Å². The number of hydrogen-bond acceptors (Lipinski definition) is 3. The van der Waals surface area contributed by atoms with E-state index >= 15 is 0 Å². The molecule has 2 aromatic heterocycles. The molecule has 0 aliphatic carbocycles. The van der Waals surface area contributed by atoms with Gasteiger partial charge in [0.1, 0.15) is 6.29 Å². The van der Waals surface area contributed by atoms with E-state index in [1.165, 1.54) is 9.75 Å². The van der Waals surface area contributed by atoms with Gasteiger partial charge < -0.3 is 4.79 Å². The molecule has 1 nitrogen and oxygen atoms in total. The van der Waals surface area contributed by atoms with Crippen molar-refractivity contribution in [2.45, 2.75) is 6.42 Å². The summed E-state index contributed by atoms with van der Waals surface area (Å²) in [5.41, 5.74) is 0. The van der Waals surface area contributed by atoms with Crippen LogP contribution in [0, 0.1) is 0 Å². The molecule has 0 aromatic carbocycles. The summed E-state index contributed by atoms with van der Waals surface area (Å²) >= 11 is 3.42. The van der Waals surface area contributed by atoms with Crippen LogP contribution in [0.5, 0.6) is 0 Å². The fourth-order valence-corrected chi connectivity index (χ4v) is 2.91. The molecular formula is C10H8OS2. The molecular weight excluding hydrogens is 200 g/mol. The Kier molecular flexibility index (Phi) is 2.57. The Hall–Kier alpha value is -0.930. The molecule has 0 aliphatic heterocycles. The quantitative estimate of drug-likeness (QED) is 0.708. The third kappa shape index (κ3) is 1.87. The highest BCUT2D eigenvalue weighted by molar-refractivity contribution is 7.21. The maximum atomic E-state index is 10.3. The van der Waals surface area contributed by atoms with Crippen LogP contribution in [0.15, 0.2) is 29.6 Å². The van der Waals surface area contributed by atoms with E-state index in [1.54, 1.807) is 22.7 Å². The topological polar surface area (TPSA) is 17.1 Å². The molecule has 2 heterocycles. The van der Waals surface area contributed by atoms with Gasteiger partial charge in [0, 0.05) is 21.1 Å². The zero-order valence-corrected chi connectivity index (χ0v) is 8.53. The first-order valence-corrected chi connectivity index (χ1v) is 5.66. The predicted molar refractivity (Wildman–Crippen MR) is 57.4 cm³/mol. The highest BCUT2D eigenvalue weighted by Gasteiger charge is 2.02. The molecule has 0 unspecified atom stereocenters. The Morgan fingerprint density at radius 1 is 1.23 bits per heavy atom. The van der Waals surface area contributed by atoms with Gasteiger partial charge in [-0.25, -0.2) is 0 Å². The lowest BCUT2D eigenvalue weighted by molar-refractivity contribution is -0.107. The Morgan fingerprint density at radius 3 is 2.85 bits per heavy atom. The number of aldehydes is 1. The Labute approximate surface area is 84.7 Å². The van der Waals surface area contributed by atoms with E-state index in [4.69, 9.17) is 0 Å². The normalized spacial score (nSPS) is 10.2. The molecule has 0 spiro atoms. The van der Waals surface area contributed by atoms with Crippen LogP contribution in [-0.4, -0.2) is 6.29 Å². The Bertz CT molecular complexity index is 387. The first-order chi connectivity index (χ1) is 6.40. The molecule has 0 saturated heterocycles. The minimum atomic E-state index is 0.538. The number of carbonyl (C=O) groups excluding carboxylic acids is 1. The first kappa shape index (κ1) is 8.66. The molecule has 0 amide bonds. The van der Waals surface area contributed by atoms with Crippen LogP contribution in [0.1, 0.15) is 4.88 Å². The molecule has 0 fully saturated rings. The van der Waals surface area contributed by atoms with Gasteiger partial charge >= 0.3 is 0 Å². The second-order valence-electron chi connectivity index (χ2n) is 2.61. The van der Waals surface area contributed by atoms with Crippen molar-refractivity contribution in [2.24, 2.45) is 0 Å². The minimum Gasteiger partial charge on any atom is -0.303 e. The van der Waals surface area contributed by atoms with Gasteiger partial charge in [0.15, 0.2) is 0 Å². The molecule has 0 aliphatic rings. The van der Waals surface area contributed by atoms with Crippen LogP contribution in [0.4, 0.5) is 0 Å². The van der Waals surface area contributed by atoms with Gasteiger partial charge in [-0.05, 0) is 23.6 Å². The number of rotatable bonds is 3. The van der Waals surface area contributed by atoms with Gasteiger partial charge in [-0.15, -0.1) is 22.7 Å². The van der Waals surface area contributed by atoms with Crippen molar-refractivity contribution in [3.8, 4) is 9.75 Å². The lowest BCUT2D eigenvalue weighted by atomic mass is 10.3. The van der Waals surface area contributed by atoms with E-state index in [0.717, 1.165) is 11.2 Å². The minimum absolute atomic E-state index is 0.538.